The highest BCUT2D eigenvalue weighted by atomic mass is 32.2. The molecule has 0 aliphatic heterocycles. The Morgan fingerprint density at radius 1 is 1.13 bits per heavy atom. The van der Waals surface area contributed by atoms with Gasteiger partial charge in [-0.05, 0) is 31.2 Å². The van der Waals surface area contributed by atoms with Crippen molar-refractivity contribution in [1.29, 1.82) is 0 Å². The molecule has 0 saturated carbocycles. The molecule has 0 aliphatic rings. The van der Waals surface area contributed by atoms with E-state index in [4.69, 9.17) is 9.47 Å². The fraction of sp³-hybridized carbons (Fsp3) is 0.278. The van der Waals surface area contributed by atoms with Crippen LogP contribution in [0.3, 0.4) is 0 Å². The maximum absolute atomic E-state index is 12.1. The topological polar surface area (TPSA) is 47.6 Å². The van der Waals surface area contributed by atoms with Gasteiger partial charge in [0.15, 0.2) is 0 Å². The van der Waals surface area contributed by atoms with Crippen molar-refractivity contribution in [2.24, 2.45) is 0 Å². The summed E-state index contributed by atoms with van der Waals surface area (Å²) >= 11 is 1.54. The fourth-order valence-electron chi connectivity index (χ4n) is 1.93. The summed E-state index contributed by atoms with van der Waals surface area (Å²) in [4.78, 5) is 13.1. The smallest absolute Gasteiger partial charge is 0.233 e. The lowest BCUT2D eigenvalue weighted by Crippen LogP contribution is -2.33. The van der Waals surface area contributed by atoms with Gasteiger partial charge in [-0.3, -0.25) is 4.79 Å². The SMILES string of the molecule is COc1cccc(OCCNC(=O)C(C)Sc2ccccc2)c1. The summed E-state index contributed by atoms with van der Waals surface area (Å²) in [5.74, 6) is 1.48. The molecule has 2 rings (SSSR count). The Bertz CT molecular complexity index is 619. The molecular weight excluding hydrogens is 310 g/mol. The van der Waals surface area contributed by atoms with Crippen LogP contribution in [0.2, 0.25) is 0 Å². The predicted octanol–water partition coefficient (Wildman–Crippen LogP) is 3.37. The number of rotatable bonds is 8. The number of nitrogens with one attached hydrogen (secondary N) is 1. The largest absolute Gasteiger partial charge is 0.497 e. The molecule has 23 heavy (non-hydrogen) atoms. The Kier molecular flexibility index (Phi) is 6.81. The second-order valence-electron chi connectivity index (χ2n) is 4.89. The minimum Gasteiger partial charge on any atom is -0.497 e. The van der Waals surface area contributed by atoms with Crippen LogP contribution in [0.15, 0.2) is 59.5 Å². The molecule has 2 aromatic carbocycles. The van der Waals surface area contributed by atoms with Crippen LogP contribution in [0.5, 0.6) is 11.5 Å². The molecule has 2 aromatic rings. The molecule has 1 amide bonds. The lowest BCUT2D eigenvalue weighted by Gasteiger charge is -2.12. The van der Waals surface area contributed by atoms with E-state index in [1.54, 1.807) is 18.9 Å². The third kappa shape index (κ3) is 5.87. The number of carbonyl (C=O) groups is 1. The Hall–Kier alpha value is -2.14. The zero-order valence-corrected chi connectivity index (χ0v) is 14.1. The summed E-state index contributed by atoms with van der Waals surface area (Å²) in [5, 5.41) is 2.74. The van der Waals surface area contributed by atoms with Gasteiger partial charge < -0.3 is 14.8 Å². The molecule has 122 valence electrons. The van der Waals surface area contributed by atoms with Gasteiger partial charge in [-0.1, -0.05) is 24.3 Å². The highest BCUT2D eigenvalue weighted by Gasteiger charge is 2.13. The molecule has 1 N–H and O–H groups in total. The third-order valence-corrected chi connectivity index (χ3v) is 4.25. The lowest BCUT2D eigenvalue weighted by atomic mass is 10.3. The van der Waals surface area contributed by atoms with E-state index in [0.717, 1.165) is 16.4 Å². The highest BCUT2D eigenvalue weighted by molar-refractivity contribution is 8.00. The maximum atomic E-state index is 12.1. The van der Waals surface area contributed by atoms with Crippen LogP contribution in [0.1, 0.15) is 6.92 Å². The monoisotopic (exact) mass is 331 g/mol. The zero-order chi connectivity index (χ0) is 16.5. The molecule has 0 aliphatic carbocycles. The number of methoxy groups -OCH3 is 1. The van der Waals surface area contributed by atoms with Gasteiger partial charge in [0.05, 0.1) is 18.9 Å². The first kappa shape index (κ1) is 17.2. The maximum Gasteiger partial charge on any atom is 0.233 e. The van der Waals surface area contributed by atoms with E-state index in [1.165, 1.54) is 0 Å². The summed E-state index contributed by atoms with van der Waals surface area (Å²) in [6.07, 6.45) is 0. The van der Waals surface area contributed by atoms with Crippen LogP contribution in [0.25, 0.3) is 0 Å². The molecular formula is C18H21NO3S. The van der Waals surface area contributed by atoms with Gasteiger partial charge in [0.1, 0.15) is 18.1 Å². The predicted molar refractivity (Wildman–Crippen MR) is 93.3 cm³/mol. The van der Waals surface area contributed by atoms with E-state index >= 15 is 0 Å². The van der Waals surface area contributed by atoms with Crippen molar-refractivity contribution >= 4 is 17.7 Å². The lowest BCUT2D eigenvalue weighted by molar-refractivity contribution is -0.120. The van der Waals surface area contributed by atoms with Gasteiger partial charge in [-0.15, -0.1) is 11.8 Å². The van der Waals surface area contributed by atoms with Crippen LogP contribution in [-0.2, 0) is 4.79 Å². The quantitative estimate of drug-likeness (QED) is 0.595. The van der Waals surface area contributed by atoms with Crippen molar-refractivity contribution in [3.05, 3.63) is 54.6 Å². The van der Waals surface area contributed by atoms with Crippen LogP contribution in [-0.4, -0.2) is 31.4 Å². The second-order valence-corrected chi connectivity index (χ2v) is 6.31. The summed E-state index contributed by atoms with van der Waals surface area (Å²) in [6.45, 7) is 2.79. The van der Waals surface area contributed by atoms with Gasteiger partial charge in [-0.2, -0.15) is 0 Å². The molecule has 0 radical (unpaired) electrons. The second kappa shape index (κ2) is 9.10. The van der Waals surface area contributed by atoms with Gasteiger partial charge in [-0.25, -0.2) is 0 Å². The molecule has 0 spiro atoms. The molecule has 4 nitrogen and oxygen atoms in total. The molecule has 5 heteroatoms. The van der Waals surface area contributed by atoms with Crippen molar-refractivity contribution in [2.45, 2.75) is 17.1 Å². The summed E-state index contributed by atoms with van der Waals surface area (Å²) in [7, 11) is 1.62. The van der Waals surface area contributed by atoms with Crippen LogP contribution < -0.4 is 14.8 Å². The third-order valence-electron chi connectivity index (χ3n) is 3.14. The van der Waals surface area contributed by atoms with Gasteiger partial charge in [0, 0.05) is 11.0 Å². The zero-order valence-electron chi connectivity index (χ0n) is 13.3. The minimum atomic E-state index is -0.144. The van der Waals surface area contributed by atoms with E-state index in [0.29, 0.717) is 13.2 Å². The van der Waals surface area contributed by atoms with E-state index in [1.807, 2.05) is 61.5 Å². The van der Waals surface area contributed by atoms with E-state index in [2.05, 4.69) is 5.32 Å². The molecule has 0 heterocycles. The summed E-state index contributed by atoms with van der Waals surface area (Å²) in [5.41, 5.74) is 0. The van der Waals surface area contributed by atoms with E-state index in [-0.39, 0.29) is 11.2 Å². The molecule has 0 saturated heterocycles. The van der Waals surface area contributed by atoms with Crippen molar-refractivity contribution in [3.63, 3.8) is 0 Å². The molecule has 0 bridgehead atoms. The summed E-state index contributed by atoms with van der Waals surface area (Å²) < 4.78 is 10.7. The van der Waals surface area contributed by atoms with Crippen molar-refractivity contribution in [3.8, 4) is 11.5 Å². The first-order valence-corrected chi connectivity index (χ1v) is 8.33. The number of hydrogen-bond donors (Lipinski definition) is 1. The van der Waals surface area contributed by atoms with Crippen LogP contribution in [0, 0.1) is 0 Å². The molecule has 0 aromatic heterocycles. The minimum absolute atomic E-state index is 0.00750. The number of ether oxygens (including phenoxy) is 2. The normalized spacial score (nSPS) is 11.6. The highest BCUT2D eigenvalue weighted by Crippen LogP contribution is 2.22. The van der Waals surface area contributed by atoms with E-state index < -0.39 is 0 Å². The van der Waals surface area contributed by atoms with Crippen LogP contribution >= 0.6 is 11.8 Å². The Balaban J connectivity index is 1.69. The average Bonchev–Trinajstić information content (AvgIpc) is 2.59. The molecule has 1 atom stereocenters. The fourth-order valence-corrected chi connectivity index (χ4v) is 2.85. The van der Waals surface area contributed by atoms with Crippen molar-refractivity contribution < 1.29 is 14.3 Å². The number of carbonyl (C=O) groups excluding carboxylic acids is 1. The molecule has 1 unspecified atom stereocenters. The Morgan fingerprint density at radius 3 is 2.61 bits per heavy atom. The van der Waals surface area contributed by atoms with Crippen molar-refractivity contribution in [1.82, 2.24) is 5.32 Å². The van der Waals surface area contributed by atoms with Gasteiger partial charge >= 0.3 is 0 Å². The number of benzene rings is 2. The van der Waals surface area contributed by atoms with Gasteiger partial charge in [0.25, 0.3) is 0 Å². The first-order valence-electron chi connectivity index (χ1n) is 7.45. The van der Waals surface area contributed by atoms with Gasteiger partial charge in [0.2, 0.25) is 5.91 Å². The standard InChI is InChI=1S/C18H21NO3S/c1-14(23-17-9-4-3-5-10-17)18(20)19-11-12-22-16-8-6-7-15(13-16)21-2/h3-10,13-14H,11-12H2,1-2H3,(H,19,20). The number of thioether (sulfide) groups is 1. The number of hydrogen-bond acceptors (Lipinski definition) is 4. The molecule has 0 fully saturated rings. The van der Waals surface area contributed by atoms with E-state index in [9.17, 15) is 4.79 Å². The summed E-state index contributed by atoms with van der Waals surface area (Å²) in [6, 6.07) is 17.3. The Morgan fingerprint density at radius 2 is 1.87 bits per heavy atom. The Labute approximate surface area is 141 Å². The number of amides is 1. The van der Waals surface area contributed by atoms with Crippen LogP contribution in [0.4, 0.5) is 0 Å². The average molecular weight is 331 g/mol. The first-order chi connectivity index (χ1) is 11.2. The van der Waals surface area contributed by atoms with Crippen molar-refractivity contribution in [2.75, 3.05) is 20.3 Å².